The van der Waals surface area contributed by atoms with Gasteiger partial charge in [0.15, 0.2) is 0 Å². The molecule has 1 aliphatic heterocycles. The highest BCUT2D eigenvalue weighted by atomic mass is 16.4. The summed E-state index contributed by atoms with van der Waals surface area (Å²) >= 11 is 0. The third kappa shape index (κ3) is 1.26. The van der Waals surface area contributed by atoms with Crippen LogP contribution in [0.15, 0.2) is 0 Å². The second-order valence-electron chi connectivity index (χ2n) is 5.15. The smallest absolute Gasteiger partial charge is 0.321 e. The number of piperidine rings is 1. The Morgan fingerprint density at radius 1 is 1.29 bits per heavy atom. The first kappa shape index (κ1) is 8.72. The van der Waals surface area contributed by atoms with Gasteiger partial charge in [0.2, 0.25) is 0 Å². The highest BCUT2D eigenvalue weighted by molar-refractivity contribution is 5.74. The third-order valence-electron chi connectivity index (χ3n) is 4.13. The molecule has 14 heavy (non-hydrogen) atoms. The number of hydrogen-bond acceptors (Lipinski definition) is 2. The van der Waals surface area contributed by atoms with Crippen LogP contribution in [-0.2, 0) is 4.79 Å². The highest BCUT2D eigenvalue weighted by Crippen LogP contribution is 2.44. The predicted octanol–water partition coefficient (Wildman–Crippen LogP) is 1.33. The van der Waals surface area contributed by atoms with Gasteiger partial charge in [-0.25, -0.2) is 0 Å². The van der Waals surface area contributed by atoms with E-state index in [2.05, 4.69) is 4.90 Å². The topological polar surface area (TPSA) is 40.5 Å². The number of carboxylic acids is 1. The summed E-state index contributed by atoms with van der Waals surface area (Å²) in [6.45, 7) is 1.05. The Balaban J connectivity index is 1.76. The van der Waals surface area contributed by atoms with Gasteiger partial charge in [-0.15, -0.1) is 0 Å². The largest absolute Gasteiger partial charge is 0.480 e. The molecule has 0 radical (unpaired) electrons. The number of hydrogen-bond donors (Lipinski definition) is 1. The zero-order valence-corrected chi connectivity index (χ0v) is 8.35. The summed E-state index contributed by atoms with van der Waals surface area (Å²) in [5.41, 5.74) is 0. The molecular weight excluding hydrogens is 178 g/mol. The molecule has 3 fully saturated rings. The van der Waals surface area contributed by atoms with Crippen LogP contribution in [0.3, 0.4) is 0 Å². The van der Waals surface area contributed by atoms with Crippen molar-refractivity contribution in [1.29, 1.82) is 0 Å². The maximum absolute atomic E-state index is 11.2. The molecule has 3 atom stereocenters. The van der Waals surface area contributed by atoms with E-state index in [0.29, 0.717) is 12.0 Å². The number of nitrogens with zero attached hydrogens (tertiary/aromatic N) is 1. The van der Waals surface area contributed by atoms with Gasteiger partial charge in [-0.3, -0.25) is 9.69 Å². The van der Waals surface area contributed by atoms with Crippen LogP contribution in [-0.4, -0.2) is 34.6 Å². The first-order valence-corrected chi connectivity index (χ1v) is 5.74. The molecule has 3 nitrogen and oxygen atoms in total. The summed E-state index contributed by atoms with van der Waals surface area (Å²) in [5, 5.41) is 9.23. The number of aliphatic carboxylic acids is 1. The molecule has 3 unspecified atom stereocenters. The minimum absolute atomic E-state index is 0.148. The number of rotatable bonds is 3. The van der Waals surface area contributed by atoms with Crippen molar-refractivity contribution in [3.05, 3.63) is 0 Å². The molecule has 1 saturated heterocycles. The Bertz CT molecular complexity index is 262. The van der Waals surface area contributed by atoms with Crippen molar-refractivity contribution in [1.82, 2.24) is 4.90 Å². The van der Waals surface area contributed by atoms with Gasteiger partial charge in [-0.1, -0.05) is 0 Å². The standard InChI is InChI=1S/C11H17NO2/c13-11(14)10(8-2-3-8)12-6-7-1-4-9(12)5-7/h7-10H,1-6H2,(H,13,14). The molecule has 3 rings (SSSR count). The van der Waals surface area contributed by atoms with E-state index in [9.17, 15) is 9.90 Å². The number of carboxylic acid groups (broad SMARTS) is 1. The molecule has 1 N–H and O–H groups in total. The van der Waals surface area contributed by atoms with Gasteiger partial charge < -0.3 is 5.11 Å². The first-order valence-electron chi connectivity index (χ1n) is 5.74. The Kier molecular flexibility index (Phi) is 1.84. The van der Waals surface area contributed by atoms with E-state index in [4.69, 9.17) is 0 Å². The van der Waals surface area contributed by atoms with Crippen LogP contribution in [0, 0.1) is 11.8 Å². The Morgan fingerprint density at radius 3 is 2.50 bits per heavy atom. The monoisotopic (exact) mass is 195 g/mol. The van der Waals surface area contributed by atoms with Gasteiger partial charge in [0.1, 0.15) is 6.04 Å². The molecular formula is C11H17NO2. The van der Waals surface area contributed by atoms with Crippen LogP contribution in [0.5, 0.6) is 0 Å². The third-order valence-corrected chi connectivity index (χ3v) is 4.13. The van der Waals surface area contributed by atoms with E-state index in [1.54, 1.807) is 0 Å². The molecule has 3 heteroatoms. The van der Waals surface area contributed by atoms with Crippen LogP contribution in [0.1, 0.15) is 32.1 Å². The number of carbonyl (C=O) groups is 1. The lowest BCUT2D eigenvalue weighted by Crippen LogP contribution is -2.46. The van der Waals surface area contributed by atoms with Gasteiger partial charge in [-0.05, 0) is 43.9 Å². The van der Waals surface area contributed by atoms with Gasteiger partial charge in [0.05, 0.1) is 0 Å². The second-order valence-corrected chi connectivity index (χ2v) is 5.15. The molecule has 2 saturated carbocycles. The van der Waals surface area contributed by atoms with Crippen molar-refractivity contribution >= 4 is 5.97 Å². The maximum Gasteiger partial charge on any atom is 0.321 e. The van der Waals surface area contributed by atoms with Crippen molar-refractivity contribution in [2.24, 2.45) is 11.8 Å². The van der Waals surface area contributed by atoms with Gasteiger partial charge in [0, 0.05) is 12.6 Å². The SMILES string of the molecule is O=C(O)C(C1CC1)N1CC2CCC1C2. The lowest BCUT2D eigenvalue weighted by atomic mass is 10.1. The van der Waals surface area contributed by atoms with E-state index >= 15 is 0 Å². The van der Waals surface area contributed by atoms with Gasteiger partial charge in [0.25, 0.3) is 0 Å². The fraction of sp³-hybridized carbons (Fsp3) is 0.909. The zero-order valence-electron chi connectivity index (χ0n) is 8.35. The number of fused-ring (bicyclic) bond motifs is 2. The normalized spacial score (nSPS) is 38.9. The average Bonchev–Trinajstić information content (AvgIpc) is 2.75. The lowest BCUT2D eigenvalue weighted by Gasteiger charge is -2.32. The molecule has 3 aliphatic rings. The Morgan fingerprint density at radius 2 is 2.07 bits per heavy atom. The second kappa shape index (κ2) is 2.96. The summed E-state index contributed by atoms with van der Waals surface area (Å²) in [5.74, 6) is 0.687. The summed E-state index contributed by atoms with van der Waals surface area (Å²) in [6, 6.07) is 0.451. The molecule has 1 heterocycles. The van der Waals surface area contributed by atoms with Gasteiger partial charge >= 0.3 is 5.97 Å². The van der Waals surface area contributed by atoms with Crippen molar-refractivity contribution in [3.63, 3.8) is 0 Å². The molecule has 0 spiro atoms. The van der Waals surface area contributed by atoms with Crippen molar-refractivity contribution in [2.75, 3.05) is 6.54 Å². The summed E-state index contributed by atoms with van der Waals surface area (Å²) in [7, 11) is 0. The fourth-order valence-electron chi connectivity index (χ4n) is 3.33. The van der Waals surface area contributed by atoms with Crippen LogP contribution in [0.2, 0.25) is 0 Å². The number of likely N-dealkylation sites (tertiary alicyclic amines) is 1. The van der Waals surface area contributed by atoms with E-state index in [-0.39, 0.29) is 6.04 Å². The molecule has 0 aromatic carbocycles. The van der Waals surface area contributed by atoms with E-state index < -0.39 is 5.97 Å². The van der Waals surface area contributed by atoms with Crippen molar-refractivity contribution in [3.8, 4) is 0 Å². The molecule has 0 amide bonds. The Labute approximate surface area is 84.1 Å². The van der Waals surface area contributed by atoms with Crippen molar-refractivity contribution < 1.29 is 9.90 Å². The van der Waals surface area contributed by atoms with Crippen LogP contribution in [0.25, 0.3) is 0 Å². The quantitative estimate of drug-likeness (QED) is 0.738. The predicted molar refractivity (Wildman–Crippen MR) is 52.0 cm³/mol. The zero-order chi connectivity index (χ0) is 9.71. The molecule has 2 aliphatic carbocycles. The minimum atomic E-state index is -0.583. The van der Waals surface area contributed by atoms with E-state index in [1.165, 1.54) is 19.3 Å². The first-order chi connectivity index (χ1) is 6.75. The van der Waals surface area contributed by atoms with Crippen molar-refractivity contribution in [2.45, 2.75) is 44.2 Å². The molecule has 78 valence electrons. The van der Waals surface area contributed by atoms with Crippen LogP contribution in [0.4, 0.5) is 0 Å². The summed E-state index contributed by atoms with van der Waals surface area (Å²) < 4.78 is 0. The van der Waals surface area contributed by atoms with E-state index in [1.807, 2.05) is 0 Å². The molecule has 0 aromatic rings. The molecule has 0 aromatic heterocycles. The average molecular weight is 195 g/mol. The fourth-order valence-corrected chi connectivity index (χ4v) is 3.33. The lowest BCUT2D eigenvalue weighted by molar-refractivity contribution is -0.145. The van der Waals surface area contributed by atoms with E-state index in [0.717, 1.165) is 25.3 Å². The highest BCUT2D eigenvalue weighted by Gasteiger charge is 2.48. The molecule has 2 bridgehead atoms. The van der Waals surface area contributed by atoms with Crippen LogP contribution >= 0.6 is 0 Å². The Hall–Kier alpha value is -0.570. The van der Waals surface area contributed by atoms with Crippen LogP contribution < -0.4 is 0 Å². The van der Waals surface area contributed by atoms with Gasteiger partial charge in [-0.2, -0.15) is 0 Å². The summed E-state index contributed by atoms with van der Waals surface area (Å²) in [4.78, 5) is 13.5. The maximum atomic E-state index is 11.2. The minimum Gasteiger partial charge on any atom is -0.480 e. The summed E-state index contributed by atoms with van der Waals surface area (Å²) in [6.07, 6.45) is 6.09.